The zero-order chi connectivity index (χ0) is 19.9. The molecule has 0 unspecified atom stereocenters. The third-order valence-corrected chi connectivity index (χ3v) is 5.80. The molecule has 148 valence electrons. The zero-order valence-electron chi connectivity index (χ0n) is 16.6. The van der Waals surface area contributed by atoms with Gasteiger partial charge >= 0.3 is 0 Å². The van der Waals surface area contributed by atoms with Gasteiger partial charge in [-0.3, -0.25) is 9.69 Å². The summed E-state index contributed by atoms with van der Waals surface area (Å²) < 4.78 is 1.10. The second-order valence-electron chi connectivity index (χ2n) is 7.73. The highest BCUT2D eigenvalue weighted by atomic mass is 79.9. The van der Waals surface area contributed by atoms with Crippen LogP contribution in [-0.2, 0) is 11.3 Å². The van der Waals surface area contributed by atoms with Gasteiger partial charge < -0.3 is 0 Å². The molecule has 1 N–H and O–H groups in total. The Balaban J connectivity index is 1.42. The minimum absolute atomic E-state index is 0.0262. The first-order valence-electron chi connectivity index (χ1n) is 9.91. The van der Waals surface area contributed by atoms with Gasteiger partial charge in [0.2, 0.25) is 5.91 Å². The maximum Gasteiger partial charge on any atom is 0.243 e. The van der Waals surface area contributed by atoms with Gasteiger partial charge in [-0.05, 0) is 60.7 Å². The summed E-state index contributed by atoms with van der Waals surface area (Å²) in [6, 6.07) is 16.7. The summed E-state index contributed by atoms with van der Waals surface area (Å²) >= 11 is 3.47. The quantitative estimate of drug-likeness (QED) is 0.509. The summed E-state index contributed by atoms with van der Waals surface area (Å²) in [5.74, 6) is 0.584. The summed E-state index contributed by atoms with van der Waals surface area (Å²) in [5, 5.41) is 4.14. The number of benzene rings is 2. The molecule has 0 radical (unpaired) electrons. The lowest BCUT2D eigenvalue weighted by atomic mass is 9.96. The van der Waals surface area contributed by atoms with E-state index < -0.39 is 0 Å². The van der Waals surface area contributed by atoms with E-state index in [0.29, 0.717) is 5.92 Å². The molecule has 5 heteroatoms. The maximum absolute atomic E-state index is 12.4. The van der Waals surface area contributed by atoms with E-state index in [1.165, 1.54) is 11.1 Å². The maximum atomic E-state index is 12.4. The molecule has 2 aromatic rings. The van der Waals surface area contributed by atoms with E-state index in [-0.39, 0.29) is 11.8 Å². The molecular formula is C23H28BrN3O. The summed E-state index contributed by atoms with van der Waals surface area (Å²) in [5.41, 5.74) is 6.32. The largest absolute Gasteiger partial charge is 0.299 e. The molecule has 1 heterocycles. The van der Waals surface area contributed by atoms with Crippen LogP contribution in [0.3, 0.4) is 0 Å². The Morgan fingerprint density at radius 2 is 1.79 bits per heavy atom. The van der Waals surface area contributed by atoms with E-state index in [9.17, 15) is 4.79 Å². The minimum Gasteiger partial charge on any atom is -0.299 e. The molecule has 1 fully saturated rings. The Morgan fingerprint density at radius 1 is 1.14 bits per heavy atom. The number of nitrogens with one attached hydrogen (secondary N) is 1. The number of carbonyl (C=O) groups is 1. The van der Waals surface area contributed by atoms with E-state index in [4.69, 9.17) is 0 Å². The first kappa shape index (κ1) is 20.7. The van der Waals surface area contributed by atoms with Gasteiger partial charge in [0.15, 0.2) is 0 Å². The average Bonchev–Trinajstić information content (AvgIpc) is 2.70. The topological polar surface area (TPSA) is 44.7 Å². The van der Waals surface area contributed by atoms with Gasteiger partial charge in [-0.2, -0.15) is 5.10 Å². The number of carbonyl (C=O) groups excluding carboxylic acids is 1. The van der Waals surface area contributed by atoms with Crippen molar-refractivity contribution < 1.29 is 4.79 Å². The molecule has 2 aromatic carbocycles. The smallest absolute Gasteiger partial charge is 0.243 e. The number of piperidine rings is 1. The molecule has 0 bridgehead atoms. The van der Waals surface area contributed by atoms with Crippen molar-refractivity contribution in [3.63, 3.8) is 0 Å². The lowest BCUT2D eigenvalue weighted by Gasteiger charge is -2.30. The summed E-state index contributed by atoms with van der Waals surface area (Å²) in [7, 11) is 0. The van der Waals surface area contributed by atoms with Crippen LogP contribution in [0.2, 0.25) is 0 Å². The third kappa shape index (κ3) is 6.01. The van der Waals surface area contributed by atoms with Crippen LogP contribution >= 0.6 is 15.9 Å². The summed E-state index contributed by atoms with van der Waals surface area (Å²) in [4.78, 5) is 14.8. The van der Waals surface area contributed by atoms with Crippen LogP contribution in [0.5, 0.6) is 0 Å². The Morgan fingerprint density at radius 3 is 2.39 bits per heavy atom. The van der Waals surface area contributed by atoms with Crippen molar-refractivity contribution >= 4 is 28.1 Å². The molecule has 1 saturated heterocycles. The van der Waals surface area contributed by atoms with Gasteiger partial charge in [0.05, 0.1) is 6.21 Å². The fourth-order valence-corrected chi connectivity index (χ4v) is 3.69. The SMILES string of the molecule is CC(C)c1ccc(/C=N/NC(=O)C2CCN(Cc3ccc(Br)cc3)CC2)cc1. The van der Waals surface area contributed by atoms with Crippen molar-refractivity contribution in [2.75, 3.05) is 13.1 Å². The normalized spacial score (nSPS) is 16.0. The molecule has 0 aromatic heterocycles. The predicted octanol–water partition coefficient (Wildman–Crippen LogP) is 4.93. The summed E-state index contributed by atoms with van der Waals surface area (Å²) in [6.45, 7) is 7.16. The number of rotatable bonds is 6. The molecule has 0 atom stereocenters. The van der Waals surface area contributed by atoms with Crippen LogP contribution in [0.1, 0.15) is 49.3 Å². The van der Waals surface area contributed by atoms with Crippen LogP contribution in [0.25, 0.3) is 0 Å². The molecule has 1 aliphatic rings. The number of hydrazone groups is 1. The summed E-state index contributed by atoms with van der Waals surface area (Å²) in [6.07, 6.45) is 3.46. The number of amides is 1. The van der Waals surface area contributed by atoms with E-state index in [0.717, 1.165) is 42.5 Å². The van der Waals surface area contributed by atoms with Crippen molar-refractivity contribution in [1.29, 1.82) is 0 Å². The Hall–Kier alpha value is -1.98. The van der Waals surface area contributed by atoms with Crippen LogP contribution in [0, 0.1) is 5.92 Å². The first-order valence-corrected chi connectivity index (χ1v) is 10.7. The molecule has 3 rings (SSSR count). The molecule has 1 amide bonds. The fraction of sp³-hybridized carbons (Fsp3) is 0.391. The van der Waals surface area contributed by atoms with Crippen molar-refractivity contribution in [3.05, 3.63) is 69.7 Å². The highest BCUT2D eigenvalue weighted by Crippen LogP contribution is 2.20. The van der Waals surface area contributed by atoms with Crippen LogP contribution in [-0.4, -0.2) is 30.1 Å². The molecule has 4 nitrogen and oxygen atoms in total. The standard InChI is InChI=1S/C23H28BrN3O/c1-17(2)20-7-3-18(4-8-20)15-25-26-23(28)21-11-13-27(14-12-21)16-19-5-9-22(24)10-6-19/h3-10,15,17,21H,11-14,16H2,1-2H3,(H,26,28)/b25-15+. The Bertz CT molecular complexity index is 792. The molecule has 1 aliphatic heterocycles. The van der Waals surface area contributed by atoms with Gasteiger partial charge in [-0.15, -0.1) is 0 Å². The number of nitrogens with zero attached hydrogens (tertiary/aromatic N) is 2. The number of hydrogen-bond donors (Lipinski definition) is 1. The van der Waals surface area contributed by atoms with Crippen molar-refractivity contribution in [1.82, 2.24) is 10.3 Å². The van der Waals surface area contributed by atoms with Crippen LogP contribution in [0.4, 0.5) is 0 Å². The molecule has 0 aliphatic carbocycles. The lowest BCUT2D eigenvalue weighted by molar-refractivity contribution is -0.126. The van der Waals surface area contributed by atoms with Gasteiger partial charge in [0, 0.05) is 16.9 Å². The number of hydrogen-bond acceptors (Lipinski definition) is 3. The lowest BCUT2D eigenvalue weighted by Crippen LogP contribution is -2.39. The Labute approximate surface area is 176 Å². The molecular weight excluding hydrogens is 414 g/mol. The van der Waals surface area contributed by atoms with E-state index in [1.807, 2.05) is 12.1 Å². The third-order valence-electron chi connectivity index (χ3n) is 5.27. The van der Waals surface area contributed by atoms with Crippen molar-refractivity contribution in [2.45, 2.75) is 39.2 Å². The molecule has 0 spiro atoms. The van der Waals surface area contributed by atoms with Crippen LogP contribution < -0.4 is 5.43 Å². The number of likely N-dealkylation sites (tertiary alicyclic amines) is 1. The minimum atomic E-state index is 0.0262. The second kappa shape index (κ2) is 9.99. The number of halogens is 1. The highest BCUT2D eigenvalue weighted by molar-refractivity contribution is 9.10. The average molecular weight is 442 g/mol. The van der Waals surface area contributed by atoms with Crippen LogP contribution in [0.15, 0.2) is 58.1 Å². The van der Waals surface area contributed by atoms with Gasteiger partial charge in [0.1, 0.15) is 0 Å². The second-order valence-corrected chi connectivity index (χ2v) is 8.65. The highest BCUT2D eigenvalue weighted by Gasteiger charge is 2.24. The Kier molecular flexibility index (Phi) is 7.40. The van der Waals surface area contributed by atoms with Gasteiger partial charge in [-0.1, -0.05) is 66.2 Å². The zero-order valence-corrected chi connectivity index (χ0v) is 18.2. The van der Waals surface area contributed by atoms with Gasteiger partial charge in [-0.25, -0.2) is 5.43 Å². The molecule has 28 heavy (non-hydrogen) atoms. The van der Waals surface area contributed by atoms with Crippen molar-refractivity contribution in [2.24, 2.45) is 11.0 Å². The molecule has 0 saturated carbocycles. The predicted molar refractivity (Wildman–Crippen MR) is 118 cm³/mol. The first-order chi connectivity index (χ1) is 13.5. The van der Waals surface area contributed by atoms with Gasteiger partial charge in [0.25, 0.3) is 0 Å². The fourth-order valence-electron chi connectivity index (χ4n) is 3.43. The van der Waals surface area contributed by atoms with E-state index >= 15 is 0 Å². The monoisotopic (exact) mass is 441 g/mol. The van der Waals surface area contributed by atoms with E-state index in [1.54, 1.807) is 6.21 Å². The van der Waals surface area contributed by atoms with E-state index in [2.05, 4.69) is 81.6 Å². The van der Waals surface area contributed by atoms with Crippen molar-refractivity contribution in [3.8, 4) is 0 Å².